The van der Waals surface area contributed by atoms with E-state index >= 15 is 0 Å². The van der Waals surface area contributed by atoms with E-state index in [4.69, 9.17) is 9.47 Å². The number of benzene rings is 1. The van der Waals surface area contributed by atoms with Crippen molar-refractivity contribution in [2.24, 2.45) is 0 Å². The summed E-state index contributed by atoms with van der Waals surface area (Å²) in [4.78, 5) is 2.49. The molecule has 2 aromatic rings. The number of ether oxygens (including phenoxy) is 2. The van der Waals surface area contributed by atoms with E-state index < -0.39 is 0 Å². The highest BCUT2D eigenvalue weighted by Gasteiger charge is 2.25. The molecule has 1 aliphatic rings. The third-order valence-corrected chi connectivity index (χ3v) is 4.46. The number of rotatable bonds is 7. The highest BCUT2D eigenvalue weighted by molar-refractivity contribution is 5.74. The zero-order valence-electron chi connectivity index (χ0n) is 14.9. The summed E-state index contributed by atoms with van der Waals surface area (Å²) in [6.07, 6.45) is 3.16. The van der Waals surface area contributed by atoms with Crippen LogP contribution in [0, 0.1) is 0 Å². The SMILES string of the molecule is CCCOc1c(OC)cccc1-c1n[nH]c2c1CN(CCC)CC2. The van der Waals surface area contributed by atoms with Crippen molar-refractivity contribution in [1.82, 2.24) is 15.1 Å². The lowest BCUT2D eigenvalue weighted by molar-refractivity contribution is 0.254. The molecule has 0 amide bonds. The van der Waals surface area contributed by atoms with Crippen LogP contribution in [0.2, 0.25) is 0 Å². The van der Waals surface area contributed by atoms with Gasteiger partial charge in [0.15, 0.2) is 11.5 Å². The number of para-hydroxylation sites is 1. The maximum absolute atomic E-state index is 6.01. The van der Waals surface area contributed by atoms with Crippen LogP contribution in [0.25, 0.3) is 11.3 Å². The molecule has 0 unspecified atom stereocenters. The van der Waals surface area contributed by atoms with Gasteiger partial charge in [-0.25, -0.2) is 0 Å². The second-order valence-corrected chi connectivity index (χ2v) is 6.24. The van der Waals surface area contributed by atoms with E-state index in [0.29, 0.717) is 6.61 Å². The third-order valence-electron chi connectivity index (χ3n) is 4.46. The first-order valence-electron chi connectivity index (χ1n) is 8.87. The first-order chi connectivity index (χ1) is 11.8. The van der Waals surface area contributed by atoms with E-state index in [-0.39, 0.29) is 0 Å². The quantitative estimate of drug-likeness (QED) is 0.842. The number of nitrogens with zero attached hydrogens (tertiary/aromatic N) is 2. The van der Waals surface area contributed by atoms with Crippen molar-refractivity contribution in [1.29, 1.82) is 0 Å². The molecule has 130 valence electrons. The lowest BCUT2D eigenvalue weighted by Crippen LogP contribution is -2.31. The van der Waals surface area contributed by atoms with Crippen LogP contribution < -0.4 is 9.47 Å². The minimum atomic E-state index is 0.669. The molecule has 0 atom stereocenters. The number of methoxy groups -OCH3 is 1. The Bertz CT molecular complexity index is 681. The van der Waals surface area contributed by atoms with E-state index in [9.17, 15) is 0 Å². The Morgan fingerprint density at radius 3 is 2.88 bits per heavy atom. The van der Waals surface area contributed by atoms with Gasteiger partial charge in [-0.1, -0.05) is 19.9 Å². The van der Waals surface area contributed by atoms with Crippen molar-refractivity contribution in [3.8, 4) is 22.8 Å². The van der Waals surface area contributed by atoms with Crippen LogP contribution in [0.15, 0.2) is 18.2 Å². The van der Waals surface area contributed by atoms with Gasteiger partial charge in [0, 0.05) is 36.3 Å². The number of aromatic amines is 1. The molecule has 24 heavy (non-hydrogen) atoms. The number of hydrogen-bond donors (Lipinski definition) is 1. The van der Waals surface area contributed by atoms with Crippen molar-refractivity contribution in [2.75, 3.05) is 26.8 Å². The van der Waals surface area contributed by atoms with E-state index in [1.54, 1.807) is 7.11 Å². The van der Waals surface area contributed by atoms with Gasteiger partial charge in [0.05, 0.1) is 13.7 Å². The average molecular weight is 329 g/mol. The van der Waals surface area contributed by atoms with E-state index in [1.807, 2.05) is 12.1 Å². The second-order valence-electron chi connectivity index (χ2n) is 6.24. The molecule has 0 saturated heterocycles. The Morgan fingerprint density at radius 2 is 2.12 bits per heavy atom. The number of nitrogens with one attached hydrogen (secondary N) is 1. The van der Waals surface area contributed by atoms with Crippen LogP contribution in [-0.4, -0.2) is 41.9 Å². The fraction of sp³-hybridized carbons (Fsp3) is 0.526. The molecule has 1 aromatic carbocycles. The first kappa shape index (κ1) is 16.8. The maximum Gasteiger partial charge on any atom is 0.170 e. The van der Waals surface area contributed by atoms with Crippen LogP contribution in [0.1, 0.15) is 37.9 Å². The van der Waals surface area contributed by atoms with Crippen molar-refractivity contribution in [3.63, 3.8) is 0 Å². The highest BCUT2D eigenvalue weighted by Crippen LogP contribution is 2.40. The molecular weight excluding hydrogens is 302 g/mol. The summed E-state index contributed by atoms with van der Waals surface area (Å²) >= 11 is 0. The largest absolute Gasteiger partial charge is 0.493 e. The molecule has 0 bridgehead atoms. The Labute approximate surface area is 144 Å². The topological polar surface area (TPSA) is 50.4 Å². The van der Waals surface area contributed by atoms with Crippen molar-refractivity contribution in [3.05, 3.63) is 29.5 Å². The molecule has 0 fully saturated rings. The summed E-state index contributed by atoms with van der Waals surface area (Å²) in [5.41, 5.74) is 4.56. The first-order valence-corrected chi connectivity index (χ1v) is 8.87. The zero-order valence-corrected chi connectivity index (χ0v) is 14.9. The molecule has 0 saturated carbocycles. The summed E-state index contributed by atoms with van der Waals surface area (Å²) in [6.45, 7) is 8.17. The van der Waals surface area contributed by atoms with Crippen LogP contribution in [0.4, 0.5) is 0 Å². The number of fused-ring (bicyclic) bond motifs is 1. The van der Waals surface area contributed by atoms with Gasteiger partial charge < -0.3 is 9.47 Å². The molecule has 1 N–H and O–H groups in total. The highest BCUT2D eigenvalue weighted by atomic mass is 16.5. The minimum Gasteiger partial charge on any atom is -0.493 e. The maximum atomic E-state index is 6.01. The van der Waals surface area contributed by atoms with E-state index in [2.05, 4.69) is 35.0 Å². The molecular formula is C19H27N3O2. The number of hydrogen-bond acceptors (Lipinski definition) is 4. The van der Waals surface area contributed by atoms with Crippen molar-refractivity contribution >= 4 is 0 Å². The summed E-state index contributed by atoms with van der Waals surface area (Å²) in [6, 6.07) is 6.01. The van der Waals surface area contributed by atoms with Crippen LogP contribution in [0.3, 0.4) is 0 Å². The Morgan fingerprint density at radius 1 is 1.25 bits per heavy atom. The Balaban J connectivity index is 2.00. The number of H-pyrrole nitrogens is 1. The standard InChI is InChI=1S/C19H27N3O2/c1-4-10-22-11-9-16-15(13-22)18(21-20-16)14-7-6-8-17(23-3)19(14)24-12-5-2/h6-8H,4-5,9-13H2,1-3H3,(H,20,21). The molecule has 0 radical (unpaired) electrons. The molecule has 5 nitrogen and oxygen atoms in total. The predicted octanol–water partition coefficient (Wildman–Crippen LogP) is 3.64. The van der Waals surface area contributed by atoms with Gasteiger partial charge in [-0.3, -0.25) is 10.00 Å². The lowest BCUT2D eigenvalue weighted by Gasteiger charge is -2.26. The van der Waals surface area contributed by atoms with Gasteiger partial charge in [0.1, 0.15) is 5.69 Å². The molecule has 1 aliphatic heterocycles. The number of aromatic nitrogens is 2. The molecule has 5 heteroatoms. The van der Waals surface area contributed by atoms with Gasteiger partial charge in [-0.15, -0.1) is 0 Å². The summed E-state index contributed by atoms with van der Waals surface area (Å²) in [5.74, 6) is 1.56. The fourth-order valence-corrected chi connectivity index (χ4v) is 3.30. The smallest absolute Gasteiger partial charge is 0.170 e. The van der Waals surface area contributed by atoms with Crippen molar-refractivity contribution in [2.45, 2.75) is 39.7 Å². The molecule has 3 rings (SSSR count). The van der Waals surface area contributed by atoms with Crippen molar-refractivity contribution < 1.29 is 9.47 Å². The third kappa shape index (κ3) is 3.26. The predicted molar refractivity (Wildman–Crippen MR) is 95.6 cm³/mol. The minimum absolute atomic E-state index is 0.669. The average Bonchev–Trinajstić information content (AvgIpc) is 3.03. The van der Waals surface area contributed by atoms with Gasteiger partial charge in [0.2, 0.25) is 0 Å². The van der Waals surface area contributed by atoms with E-state index in [0.717, 1.165) is 55.2 Å². The van der Waals surface area contributed by atoms with Crippen LogP contribution in [0.5, 0.6) is 11.5 Å². The van der Waals surface area contributed by atoms with Crippen LogP contribution >= 0.6 is 0 Å². The van der Waals surface area contributed by atoms with Gasteiger partial charge >= 0.3 is 0 Å². The monoisotopic (exact) mass is 329 g/mol. The van der Waals surface area contributed by atoms with Gasteiger partial charge in [-0.05, 0) is 31.5 Å². The molecule has 1 aromatic heterocycles. The molecule has 0 aliphatic carbocycles. The fourth-order valence-electron chi connectivity index (χ4n) is 3.30. The Hall–Kier alpha value is -2.01. The van der Waals surface area contributed by atoms with Gasteiger partial charge in [-0.2, -0.15) is 5.10 Å². The van der Waals surface area contributed by atoms with Gasteiger partial charge in [0.25, 0.3) is 0 Å². The summed E-state index contributed by atoms with van der Waals surface area (Å²) < 4.78 is 11.5. The van der Waals surface area contributed by atoms with E-state index in [1.165, 1.54) is 17.7 Å². The zero-order chi connectivity index (χ0) is 16.9. The summed E-state index contributed by atoms with van der Waals surface area (Å²) in [7, 11) is 1.68. The van der Waals surface area contributed by atoms with Crippen LogP contribution in [-0.2, 0) is 13.0 Å². The lowest BCUT2D eigenvalue weighted by atomic mass is 10.00. The molecule has 0 spiro atoms. The Kier molecular flexibility index (Phi) is 5.41. The second kappa shape index (κ2) is 7.71. The summed E-state index contributed by atoms with van der Waals surface area (Å²) in [5, 5.41) is 7.85. The normalized spacial score (nSPS) is 14.5. The molecule has 2 heterocycles.